The standard InChI is InChI=1S/C9H18N4/c1-3-8(4-2)11-5-7-6-12-13-9(7)10/h6,8,11H,3-5H2,1-2H3,(H3,10,12,13). The second kappa shape index (κ2) is 4.87. The molecule has 0 aromatic carbocycles. The van der Waals surface area contributed by atoms with Crippen molar-refractivity contribution in [1.82, 2.24) is 15.5 Å². The third-order valence-electron chi connectivity index (χ3n) is 2.32. The Bertz CT molecular complexity index is 240. The fourth-order valence-corrected chi connectivity index (χ4v) is 1.29. The van der Waals surface area contributed by atoms with Crippen molar-refractivity contribution in [2.24, 2.45) is 0 Å². The van der Waals surface area contributed by atoms with Crippen LogP contribution in [-0.4, -0.2) is 16.2 Å². The van der Waals surface area contributed by atoms with Gasteiger partial charge in [0.1, 0.15) is 5.82 Å². The zero-order valence-electron chi connectivity index (χ0n) is 8.30. The molecule has 0 aliphatic heterocycles. The Labute approximate surface area is 78.9 Å². The molecule has 0 bridgehead atoms. The molecule has 0 aliphatic rings. The molecular formula is C9H18N4. The van der Waals surface area contributed by atoms with Crippen LogP contribution in [0.5, 0.6) is 0 Å². The first kappa shape index (κ1) is 10.1. The highest BCUT2D eigenvalue weighted by Crippen LogP contribution is 2.06. The number of rotatable bonds is 5. The summed E-state index contributed by atoms with van der Waals surface area (Å²) >= 11 is 0. The van der Waals surface area contributed by atoms with E-state index in [4.69, 9.17) is 5.73 Å². The van der Waals surface area contributed by atoms with Crippen LogP contribution in [0.4, 0.5) is 5.82 Å². The molecule has 1 rings (SSSR count). The molecule has 0 amide bonds. The number of nitrogens with zero attached hydrogens (tertiary/aromatic N) is 1. The highest BCUT2D eigenvalue weighted by atomic mass is 15.1. The van der Waals surface area contributed by atoms with Gasteiger partial charge in [-0.05, 0) is 12.8 Å². The van der Waals surface area contributed by atoms with Crippen molar-refractivity contribution in [3.8, 4) is 0 Å². The van der Waals surface area contributed by atoms with Gasteiger partial charge >= 0.3 is 0 Å². The van der Waals surface area contributed by atoms with E-state index in [1.807, 2.05) is 0 Å². The van der Waals surface area contributed by atoms with Gasteiger partial charge in [-0.3, -0.25) is 5.10 Å². The van der Waals surface area contributed by atoms with E-state index in [0.29, 0.717) is 11.9 Å². The van der Waals surface area contributed by atoms with Crippen LogP contribution in [0, 0.1) is 0 Å². The fraction of sp³-hybridized carbons (Fsp3) is 0.667. The molecule has 0 fully saturated rings. The molecule has 4 nitrogen and oxygen atoms in total. The highest BCUT2D eigenvalue weighted by Gasteiger charge is 2.04. The van der Waals surface area contributed by atoms with Crippen LogP contribution in [0.3, 0.4) is 0 Å². The summed E-state index contributed by atoms with van der Waals surface area (Å²) in [4.78, 5) is 0. The number of hydrogen-bond acceptors (Lipinski definition) is 3. The van der Waals surface area contributed by atoms with Crippen molar-refractivity contribution in [1.29, 1.82) is 0 Å². The van der Waals surface area contributed by atoms with Gasteiger partial charge in [-0.2, -0.15) is 5.10 Å². The van der Waals surface area contributed by atoms with Crippen molar-refractivity contribution in [2.75, 3.05) is 5.73 Å². The Morgan fingerprint density at radius 1 is 1.54 bits per heavy atom. The lowest BCUT2D eigenvalue weighted by atomic mass is 10.1. The number of nitrogen functional groups attached to an aromatic ring is 1. The first-order valence-electron chi connectivity index (χ1n) is 4.79. The first-order chi connectivity index (χ1) is 6.27. The maximum atomic E-state index is 5.65. The predicted octanol–water partition coefficient (Wildman–Crippen LogP) is 1.27. The first-order valence-corrected chi connectivity index (χ1v) is 4.79. The van der Waals surface area contributed by atoms with Gasteiger partial charge in [-0.25, -0.2) is 0 Å². The van der Waals surface area contributed by atoms with Crippen molar-refractivity contribution in [3.63, 3.8) is 0 Å². The molecule has 0 saturated carbocycles. The monoisotopic (exact) mass is 182 g/mol. The topological polar surface area (TPSA) is 66.7 Å². The zero-order chi connectivity index (χ0) is 9.68. The van der Waals surface area contributed by atoms with Gasteiger partial charge in [0.05, 0.1) is 6.20 Å². The highest BCUT2D eigenvalue weighted by molar-refractivity contribution is 5.36. The SMILES string of the molecule is CCC(CC)NCc1cn[nH]c1N. The van der Waals surface area contributed by atoms with Gasteiger partial charge in [-0.1, -0.05) is 13.8 Å². The Kier molecular flexibility index (Phi) is 3.76. The average molecular weight is 182 g/mol. The van der Waals surface area contributed by atoms with Gasteiger partial charge in [0, 0.05) is 18.2 Å². The molecule has 74 valence electrons. The van der Waals surface area contributed by atoms with Gasteiger partial charge in [0.15, 0.2) is 0 Å². The minimum atomic E-state index is 0.578. The van der Waals surface area contributed by atoms with E-state index >= 15 is 0 Å². The fourth-order valence-electron chi connectivity index (χ4n) is 1.29. The number of hydrogen-bond donors (Lipinski definition) is 3. The Hall–Kier alpha value is -1.03. The molecular weight excluding hydrogens is 164 g/mol. The third kappa shape index (κ3) is 2.73. The summed E-state index contributed by atoms with van der Waals surface area (Å²) < 4.78 is 0. The molecule has 0 spiro atoms. The van der Waals surface area contributed by atoms with Crippen LogP contribution in [0.15, 0.2) is 6.20 Å². The summed E-state index contributed by atoms with van der Waals surface area (Å²) in [7, 11) is 0. The summed E-state index contributed by atoms with van der Waals surface area (Å²) in [6.45, 7) is 5.16. The summed E-state index contributed by atoms with van der Waals surface area (Å²) in [5, 5.41) is 10.00. The Balaban J connectivity index is 2.38. The Morgan fingerprint density at radius 3 is 2.69 bits per heavy atom. The molecule has 0 aliphatic carbocycles. The van der Waals surface area contributed by atoms with Crippen molar-refractivity contribution < 1.29 is 0 Å². The van der Waals surface area contributed by atoms with Crippen LogP contribution in [-0.2, 0) is 6.54 Å². The molecule has 13 heavy (non-hydrogen) atoms. The number of aromatic nitrogens is 2. The van der Waals surface area contributed by atoms with Crippen LogP contribution < -0.4 is 11.1 Å². The smallest absolute Gasteiger partial charge is 0.123 e. The predicted molar refractivity (Wildman–Crippen MR) is 54.2 cm³/mol. The molecule has 1 aromatic heterocycles. The molecule has 4 heteroatoms. The third-order valence-corrected chi connectivity index (χ3v) is 2.32. The maximum absolute atomic E-state index is 5.65. The maximum Gasteiger partial charge on any atom is 0.123 e. The van der Waals surface area contributed by atoms with E-state index in [0.717, 1.165) is 24.9 Å². The van der Waals surface area contributed by atoms with E-state index in [1.165, 1.54) is 0 Å². The number of H-pyrrole nitrogens is 1. The van der Waals surface area contributed by atoms with Crippen molar-refractivity contribution in [2.45, 2.75) is 39.3 Å². The normalized spacial score (nSPS) is 11.0. The number of nitrogens with one attached hydrogen (secondary N) is 2. The summed E-state index contributed by atoms with van der Waals surface area (Å²) in [5.74, 6) is 0.665. The van der Waals surface area contributed by atoms with E-state index < -0.39 is 0 Å². The summed E-state index contributed by atoms with van der Waals surface area (Å²) in [5.41, 5.74) is 6.70. The van der Waals surface area contributed by atoms with E-state index in [9.17, 15) is 0 Å². The van der Waals surface area contributed by atoms with Crippen LogP contribution >= 0.6 is 0 Å². The lowest BCUT2D eigenvalue weighted by Gasteiger charge is -2.13. The molecule has 4 N–H and O–H groups in total. The second-order valence-corrected chi connectivity index (χ2v) is 3.20. The largest absolute Gasteiger partial charge is 0.384 e. The van der Waals surface area contributed by atoms with Gasteiger partial charge < -0.3 is 11.1 Å². The molecule has 0 atom stereocenters. The quantitative estimate of drug-likeness (QED) is 0.642. The molecule has 0 saturated heterocycles. The summed E-state index contributed by atoms with van der Waals surface area (Å²) in [6.07, 6.45) is 4.06. The minimum Gasteiger partial charge on any atom is -0.384 e. The molecule has 0 radical (unpaired) electrons. The van der Waals surface area contributed by atoms with E-state index in [2.05, 4.69) is 29.4 Å². The van der Waals surface area contributed by atoms with Crippen molar-refractivity contribution in [3.05, 3.63) is 11.8 Å². The second-order valence-electron chi connectivity index (χ2n) is 3.20. The van der Waals surface area contributed by atoms with Crippen molar-refractivity contribution >= 4 is 5.82 Å². The molecule has 0 unspecified atom stereocenters. The zero-order valence-corrected chi connectivity index (χ0v) is 8.30. The van der Waals surface area contributed by atoms with Gasteiger partial charge in [0.25, 0.3) is 0 Å². The van der Waals surface area contributed by atoms with Gasteiger partial charge in [-0.15, -0.1) is 0 Å². The number of anilines is 1. The van der Waals surface area contributed by atoms with Crippen LogP contribution in [0.1, 0.15) is 32.3 Å². The number of nitrogens with two attached hydrogens (primary N) is 1. The van der Waals surface area contributed by atoms with Gasteiger partial charge in [0.2, 0.25) is 0 Å². The Morgan fingerprint density at radius 2 is 2.23 bits per heavy atom. The van der Waals surface area contributed by atoms with Crippen LogP contribution in [0.25, 0.3) is 0 Å². The molecule has 1 heterocycles. The van der Waals surface area contributed by atoms with Crippen LogP contribution in [0.2, 0.25) is 0 Å². The lowest BCUT2D eigenvalue weighted by molar-refractivity contribution is 0.484. The molecule has 1 aromatic rings. The van der Waals surface area contributed by atoms with E-state index in [-0.39, 0.29) is 0 Å². The minimum absolute atomic E-state index is 0.578. The average Bonchev–Trinajstić information content (AvgIpc) is 2.54. The van der Waals surface area contributed by atoms with E-state index in [1.54, 1.807) is 6.20 Å². The lowest BCUT2D eigenvalue weighted by Crippen LogP contribution is -2.27. The summed E-state index contributed by atoms with van der Waals surface area (Å²) in [6, 6.07) is 0.578. The number of aromatic amines is 1.